The van der Waals surface area contributed by atoms with Crippen molar-refractivity contribution in [2.24, 2.45) is 5.92 Å². The van der Waals surface area contributed by atoms with Gasteiger partial charge in [-0.25, -0.2) is 0 Å². The predicted molar refractivity (Wildman–Crippen MR) is 133 cm³/mol. The zero-order valence-electron chi connectivity index (χ0n) is 19.4. The molecule has 2 atom stereocenters. The maximum atomic E-state index is 12.8. The predicted octanol–water partition coefficient (Wildman–Crippen LogP) is 6.13. The second-order valence-corrected chi connectivity index (χ2v) is 9.11. The normalized spacial score (nSPS) is 20.2. The zero-order valence-corrected chi connectivity index (χ0v) is 19.4. The summed E-state index contributed by atoms with van der Waals surface area (Å²) >= 11 is 0. The van der Waals surface area contributed by atoms with Gasteiger partial charge in [0.15, 0.2) is 0 Å². The van der Waals surface area contributed by atoms with Crippen LogP contribution in [0.25, 0.3) is 11.1 Å². The molecule has 0 unspecified atom stereocenters. The number of benzene rings is 3. The summed E-state index contributed by atoms with van der Waals surface area (Å²) in [6.45, 7) is 5.03. The lowest BCUT2D eigenvalue weighted by molar-refractivity contribution is 0.228. The molecule has 0 aliphatic carbocycles. The van der Waals surface area contributed by atoms with Crippen molar-refractivity contribution >= 4 is 11.1 Å². The number of fused-ring (bicyclic) bond motifs is 1. The molecule has 5 rings (SSSR count). The van der Waals surface area contributed by atoms with E-state index in [9.17, 15) is 9.50 Å². The molecule has 2 aliphatic rings. The lowest BCUT2D eigenvalue weighted by Crippen LogP contribution is -2.26. The molecule has 0 saturated carbocycles. The van der Waals surface area contributed by atoms with Gasteiger partial charge in [0.2, 0.25) is 0 Å². The standard InChI is InChI=1S/C29H30FNO3/c1-20-26-17-24(32)9-12-27(26)34-29(28(20)22-5-3-2-4-6-22)23-7-10-25(11-8-23)33-16-15-31-14-13-21(18-30)19-31/h2-12,17,21,29,32H,13-16,18-19H2,1H3/t21-,29+/m0/s1. The molecule has 176 valence electrons. The third-order valence-corrected chi connectivity index (χ3v) is 6.81. The lowest BCUT2D eigenvalue weighted by atomic mass is 9.86. The van der Waals surface area contributed by atoms with E-state index in [0.29, 0.717) is 6.61 Å². The van der Waals surface area contributed by atoms with E-state index in [0.717, 1.165) is 65.4 Å². The van der Waals surface area contributed by atoms with Crippen molar-refractivity contribution in [3.63, 3.8) is 0 Å². The first-order valence-electron chi connectivity index (χ1n) is 11.9. The van der Waals surface area contributed by atoms with Gasteiger partial charge in [-0.05, 0) is 66.9 Å². The highest BCUT2D eigenvalue weighted by Gasteiger charge is 2.29. The molecule has 0 bridgehead atoms. The van der Waals surface area contributed by atoms with Gasteiger partial charge in [-0.15, -0.1) is 0 Å². The van der Waals surface area contributed by atoms with Crippen LogP contribution in [0.3, 0.4) is 0 Å². The number of phenolic OH excluding ortho intramolecular Hbond substituents is 1. The minimum atomic E-state index is -0.268. The number of phenols is 1. The molecule has 34 heavy (non-hydrogen) atoms. The Morgan fingerprint density at radius 2 is 1.85 bits per heavy atom. The molecule has 2 aliphatic heterocycles. The van der Waals surface area contributed by atoms with E-state index >= 15 is 0 Å². The van der Waals surface area contributed by atoms with Crippen molar-refractivity contribution < 1.29 is 19.0 Å². The number of hydrogen-bond donors (Lipinski definition) is 1. The summed E-state index contributed by atoms with van der Waals surface area (Å²) in [5.41, 5.74) is 5.22. The summed E-state index contributed by atoms with van der Waals surface area (Å²) in [6.07, 6.45) is 0.669. The second kappa shape index (κ2) is 9.90. The number of ether oxygens (including phenoxy) is 2. The Kier molecular flexibility index (Phi) is 6.54. The van der Waals surface area contributed by atoms with E-state index in [1.807, 2.05) is 36.4 Å². The quantitative estimate of drug-likeness (QED) is 0.462. The van der Waals surface area contributed by atoms with Gasteiger partial charge in [-0.2, -0.15) is 0 Å². The highest BCUT2D eigenvalue weighted by Crippen LogP contribution is 2.47. The summed E-state index contributed by atoms with van der Waals surface area (Å²) in [6, 6.07) is 23.5. The van der Waals surface area contributed by atoms with Gasteiger partial charge in [0, 0.05) is 30.1 Å². The Labute approximate surface area is 200 Å². The molecule has 3 aromatic carbocycles. The fourth-order valence-electron chi connectivity index (χ4n) is 4.94. The summed E-state index contributed by atoms with van der Waals surface area (Å²) < 4.78 is 25.3. The number of nitrogens with zero attached hydrogens (tertiary/aromatic N) is 1. The van der Waals surface area contributed by atoms with E-state index in [4.69, 9.17) is 9.47 Å². The minimum Gasteiger partial charge on any atom is -0.508 e. The SMILES string of the molecule is CC1=C(c2ccccc2)[C@@H](c2ccc(OCCN3CC[C@@H](CF)C3)cc2)Oc2ccc(O)cc21. The van der Waals surface area contributed by atoms with Crippen LogP contribution in [0.1, 0.15) is 36.1 Å². The smallest absolute Gasteiger partial charge is 0.150 e. The van der Waals surface area contributed by atoms with Crippen molar-refractivity contribution in [2.75, 3.05) is 32.9 Å². The van der Waals surface area contributed by atoms with Crippen LogP contribution in [0.5, 0.6) is 17.2 Å². The molecule has 1 fully saturated rings. The van der Waals surface area contributed by atoms with Gasteiger partial charge in [0.1, 0.15) is 30.0 Å². The Balaban J connectivity index is 1.35. The second-order valence-electron chi connectivity index (χ2n) is 9.11. The van der Waals surface area contributed by atoms with Gasteiger partial charge in [-0.1, -0.05) is 42.5 Å². The van der Waals surface area contributed by atoms with Crippen molar-refractivity contribution in [1.82, 2.24) is 4.90 Å². The number of aromatic hydroxyl groups is 1. The number of halogens is 1. The monoisotopic (exact) mass is 459 g/mol. The van der Waals surface area contributed by atoms with Gasteiger partial charge >= 0.3 is 0 Å². The highest BCUT2D eigenvalue weighted by molar-refractivity contribution is 5.95. The van der Waals surface area contributed by atoms with Gasteiger partial charge in [-0.3, -0.25) is 9.29 Å². The summed E-state index contributed by atoms with van der Waals surface area (Å²) in [5, 5.41) is 10.0. The molecule has 1 saturated heterocycles. The first-order chi connectivity index (χ1) is 16.6. The largest absolute Gasteiger partial charge is 0.508 e. The zero-order chi connectivity index (χ0) is 23.5. The molecule has 0 aromatic heterocycles. The van der Waals surface area contributed by atoms with E-state index in [1.54, 1.807) is 12.1 Å². The van der Waals surface area contributed by atoms with Crippen molar-refractivity contribution in [3.8, 4) is 17.2 Å². The fraction of sp³-hybridized carbons (Fsp3) is 0.310. The number of alkyl halides is 1. The van der Waals surface area contributed by atoms with Crippen LogP contribution < -0.4 is 9.47 Å². The number of allylic oxidation sites excluding steroid dienone is 1. The van der Waals surface area contributed by atoms with E-state index in [2.05, 4.69) is 36.1 Å². The fourth-order valence-corrected chi connectivity index (χ4v) is 4.94. The molecule has 0 radical (unpaired) electrons. The van der Waals surface area contributed by atoms with Gasteiger partial charge in [0.05, 0.1) is 6.67 Å². The van der Waals surface area contributed by atoms with Crippen molar-refractivity contribution in [3.05, 3.63) is 89.5 Å². The Morgan fingerprint density at radius 1 is 1.06 bits per heavy atom. The van der Waals surface area contributed by atoms with Gasteiger partial charge in [0.25, 0.3) is 0 Å². The average Bonchev–Trinajstić information content (AvgIpc) is 3.33. The molecule has 0 amide bonds. The maximum Gasteiger partial charge on any atom is 0.150 e. The molecule has 3 aromatic rings. The molecule has 2 heterocycles. The van der Waals surface area contributed by atoms with E-state index in [-0.39, 0.29) is 24.4 Å². The maximum absolute atomic E-state index is 12.8. The molecule has 0 spiro atoms. The van der Waals surface area contributed by atoms with Crippen LogP contribution in [0.2, 0.25) is 0 Å². The summed E-state index contributed by atoms with van der Waals surface area (Å²) in [7, 11) is 0. The van der Waals surface area contributed by atoms with E-state index < -0.39 is 0 Å². The average molecular weight is 460 g/mol. The summed E-state index contributed by atoms with van der Waals surface area (Å²) in [5.74, 6) is 1.98. The molecular weight excluding hydrogens is 429 g/mol. The Morgan fingerprint density at radius 3 is 2.59 bits per heavy atom. The number of rotatable bonds is 7. The number of likely N-dealkylation sites (tertiary alicyclic amines) is 1. The molecule has 4 nitrogen and oxygen atoms in total. The third kappa shape index (κ3) is 4.66. The topological polar surface area (TPSA) is 41.9 Å². The molecular formula is C29H30FNO3. The van der Waals surface area contributed by atoms with Crippen LogP contribution in [0.15, 0.2) is 72.8 Å². The lowest BCUT2D eigenvalue weighted by Gasteiger charge is -2.31. The van der Waals surface area contributed by atoms with Gasteiger partial charge < -0.3 is 14.6 Å². The van der Waals surface area contributed by atoms with Crippen LogP contribution in [-0.2, 0) is 0 Å². The van der Waals surface area contributed by atoms with Crippen molar-refractivity contribution in [2.45, 2.75) is 19.4 Å². The minimum absolute atomic E-state index is 0.180. The highest BCUT2D eigenvalue weighted by atomic mass is 19.1. The summed E-state index contributed by atoms with van der Waals surface area (Å²) in [4.78, 5) is 2.27. The van der Waals surface area contributed by atoms with Crippen LogP contribution in [-0.4, -0.2) is 42.9 Å². The Hall–Kier alpha value is -3.31. The third-order valence-electron chi connectivity index (χ3n) is 6.81. The van der Waals surface area contributed by atoms with Crippen LogP contribution in [0, 0.1) is 5.92 Å². The Bertz CT molecular complexity index is 1160. The first-order valence-corrected chi connectivity index (χ1v) is 11.9. The number of hydrogen-bond acceptors (Lipinski definition) is 4. The van der Waals surface area contributed by atoms with Crippen molar-refractivity contribution in [1.29, 1.82) is 0 Å². The van der Waals surface area contributed by atoms with Crippen LogP contribution >= 0.6 is 0 Å². The molecule has 1 N–H and O–H groups in total. The van der Waals surface area contributed by atoms with E-state index in [1.165, 1.54) is 0 Å². The first kappa shape index (κ1) is 22.5. The molecule has 5 heteroatoms. The van der Waals surface area contributed by atoms with Crippen LogP contribution in [0.4, 0.5) is 4.39 Å².